The molecule has 14 nitrogen and oxygen atoms in total. The molecular formula is C27H28BrCl3N12O2. The number of urea groups is 1. The zero-order chi connectivity index (χ0) is 34.4. The number of nitrogens with zero attached hydrogens (tertiary/aromatic N) is 5. The zero-order valence-electron chi connectivity index (χ0n) is 24.0. The van der Waals surface area contributed by atoms with Gasteiger partial charge in [0.2, 0.25) is 12.0 Å². The highest BCUT2D eigenvalue weighted by Crippen LogP contribution is 2.20. The normalized spacial score (nSPS) is 8.64. The van der Waals surface area contributed by atoms with E-state index in [9.17, 15) is 4.79 Å². The lowest BCUT2D eigenvalue weighted by Gasteiger charge is -1.97. The predicted octanol–water partition coefficient (Wildman–Crippen LogP) is 6.61. The fourth-order valence-corrected chi connectivity index (χ4v) is 3.28. The third-order valence-electron chi connectivity index (χ3n) is 4.51. The number of nitrogens with two attached hydrogens (primary N) is 3. The van der Waals surface area contributed by atoms with Crippen LogP contribution in [0.25, 0.3) is 22.1 Å². The monoisotopic (exact) mass is 736 g/mol. The zero-order valence-corrected chi connectivity index (χ0v) is 27.8. The summed E-state index contributed by atoms with van der Waals surface area (Å²) in [6.07, 6.45) is 1.31. The molecule has 0 aliphatic carbocycles. The molecule has 0 radical (unpaired) electrons. The van der Waals surface area contributed by atoms with Crippen molar-refractivity contribution in [1.29, 1.82) is 10.5 Å². The minimum Gasteiger partial charge on any atom is -0.397 e. The maximum absolute atomic E-state index is 11.0. The number of benzene rings is 3. The summed E-state index contributed by atoms with van der Waals surface area (Å²) in [6.45, 7) is 1.43. The van der Waals surface area contributed by atoms with E-state index in [1.165, 1.54) is 27.1 Å². The number of aromatic amines is 2. The average molecular weight is 739 g/mol. The third-order valence-corrected chi connectivity index (χ3v) is 5.21. The number of hydrogen-bond donors (Lipinski definition) is 7. The van der Waals surface area contributed by atoms with Crippen molar-refractivity contribution in [3.63, 3.8) is 0 Å². The summed E-state index contributed by atoms with van der Waals surface area (Å²) in [5, 5.41) is 21.4. The van der Waals surface area contributed by atoms with E-state index in [0.29, 0.717) is 38.3 Å². The molecule has 10 N–H and O–H groups in total. The van der Waals surface area contributed by atoms with Crippen LogP contribution in [0.5, 0.6) is 0 Å². The number of nitriles is 2. The van der Waals surface area contributed by atoms with E-state index in [1.807, 2.05) is 6.07 Å². The van der Waals surface area contributed by atoms with Gasteiger partial charge in [0.1, 0.15) is 4.98 Å². The summed E-state index contributed by atoms with van der Waals surface area (Å²) in [6, 6.07) is 17.1. The minimum absolute atomic E-state index is 0.319. The minimum atomic E-state index is -0.319. The van der Waals surface area contributed by atoms with Gasteiger partial charge in [-0.25, -0.2) is 24.5 Å². The fraction of sp³-hybridized carbons (Fsp3) is 0.111. The number of fused-ring (bicyclic) bond motifs is 2. The first-order chi connectivity index (χ1) is 21.4. The van der Waals surface area contributed by atoms with E-state index in [1.54, 1.807) is 59.6 Å². The number of halogens is 4. The number of nitrogens with one attached hydrogen (secondary N) is 4. The van der Waals surface area contributed by atoms with Gasteiger partial charge in [0.05, 0.1) is 39.5 Å². The summed E-state index contributed by atoms with van der Waals surface area (Å²) in [5.41, 5.74) is 20.6. The van der Waals surface area contributed by atoms with Crippen molar-refractivity contribution in [2.45, 2.75) is 6.92 Å². The molecule has 18 heteroatoms. The number of isocyanates is 1. The molecule has 2 aromatic heterocycles. The fourth-order valence-electron chi connectivity index (χ4n) is 2.76. The van der Waals surface area contributed by atoms with Gasteiger partial charge in [-0.15, -0.1) is 0 Å². The Labute approximate surface area is 281 Å². The summed E-state index contributed by atoms with van der Waals surface area (Å²) in [5.74, 6) is 0.814. The van der Waals surface area contributed by atoms with Crippen molar-refractivity contribution < 1.29 is 9.59 Å². The number of hydrogen-bond acceptors (Lipinski definition) is 10. The number of imidazole rings is 2. The summed E-state index contributed by atoms with van der Waals surface area (Å²) in [4.78, 5) is 38.4. The van der Waals surface area contributed by atoms with Crippen LogP contribution < -0.4 is 27.8 Å². The van der Waals surface area contributed by atoms with Crippen LogP contribution in [0.2, 0.25) is 15.1 Å². The maximum atomic E-state index is 11.0. The summed E-state index contributed by atoms with van der Waals surface area (Å²) >= 11 is 19.6. The van der Waals surface area contributed by atoms with Crippen LogP contribution in [0.4, 0.5) is 28.1 Å². The highest BCUT2D eigenvalue weighted by Gasteiger charge is 2.05. The number of H-pyrrole nitrogens is 2. The first kappa shape index (κ1) is 40.0. The molecule has 5 rings (SSSR count). The average Bonchev–Trinajstić information content (AvgIpc) is 3.57. The molecule has 45 heavy (non-hydrogen) atoms. The van der Waals surface area contributed by atoms with Gasteiger partial charge in [0.15, 0.2) is 5.95 Å². The molecule has 5 aromatic rings. The maximum Gasteiger partial charge on any atom is 0.321 e. The molecule has 0 saturated carbocycles. The Balaban J connectivity index is 0.000000574. The molecule has 0 bridgehead atoms. The number of aliphatic imine (C=N–C) groups is 1. The second kappa shape index (κ2) is 22.5. The van der Waals surface area contributed by atoms with Gasteiger partial charge < -0.3 is 32.5 Å². The number of amides is 2. The number of nitrogen functional groups attached to an aromatic ring is 3. The number of anilines is 4. The number of carbonyl (C=O) groups is 1. The van der Waals surface area contributed by atoms with Crippen molar-refractivity contribution in [3.8, 4) is 11.0 Å². The second-order valence-electron chi connectivity index (χ2n) is 7.63. The highest BCUT2D eigenvalue weighted by molar-refractivity contribution is 9.12. The topological polar surface area (TPSA) is 254 Å². The van der Waals surface area contributed by atoms with Crippen LogP contribution in [-0.4, -0.2) is 46.1 Å². The van der Waals surface area contributed by atoms with E-state index >= 15 is 0 Å². The first-order valence-corrected chi connectivity index (χ1v) is 13.9. The molecular weight excluding hydrogens is 711 g/mol. The van der Waals surface area contributed by atoms with E-state index in [4.69, 9.17) is 67.3 Å². The molecule has 0 atom stereocenters. The lowest BCUT2D eigenvalue weighted by atomic mass is 10.3. The first-order valence-electron chi connectivity index (χ1n) is 12.0. The molecule has 0 spiro atoms. The number of carbonyl (C=O) groups excluding carboxylic acids is 2. The standard InChI is InChI=1S/C9H9ClN4O.C7H6ClN3.C6H7ClN2.C2H3NO.C2H3N.CBrN/c1-11-9(15)14-8-12-6-3-2-5(10)4-7(6)13-8;8-4-1-2-5-6(3-4)11-7(9)10-5;7-4-1-2-5(8)6(9)3-4;1-3-2-4;1-2-3;2-1-3/h2-4H,1H3,(H3,11,12,13,14,15);1-3H,(H3,9,10,11);1-3H,8-9H2;1H3;1H3;. The van der Waals surface area contributed by atoms with Gasteiger partial charge in [-0.3, -0.25) is 5.32 Å². The molecule has 0 aliphatic rings. The Morgan fingerprint density at radius 3 is 1.78 bits per heavy atom. The Hall–Kier alpha value is -5.02. The molecule has 2 amide bonds. The lowest BCUT2D eigenvalue weighted by molar-refractivity contribution is 0.254. The van der Waals surface area contributed by atoms with E-state index in [-0.39, 0.29) is 6.03 Å². The molecule has 0 saturated heterocycles. The van der Waals surface area contributed by atoms with Gasteiger partial charge in [0.25, 0.3) is 0 Å². The molecule has 0 unspecified atom stereocenters. The van der Waals surface area contributed by atoms with Gasteiger partial charge in [-0.2, -0.15) is 10.5 Å². The summed E-state index contributed by atoms with van der Waals surface area (Å²) in [7, 11) is 2.92. The van der Waals surface area contributed by atoms with Gasteiger partial charge >= 0.3 is 6.03 Å². The lowest BCUT2D eigenvalue weighted by Crippen LogP contribution is -2.24. The highest BCUT2D eigenvalue weighted by atomic mass is 79.9. The van der Waals surface area contributed by atoms with Crippen LogP contribution in [0, 0.1) is 21.6 Å². The number of rotatable bonds is 1. The van der Waals surface area contributed by atoms with Crippen molar-refractivity contribution in [3.05, 3.63) is 69.7 Å². The van der Waals surface area contributed by atoms with Gasteiger partial charge in [0, 0.05) is 52.0 Å². The van der Waals surface area contributed by atoms with Crippen molar-refractivity contribution >= 4 is 108 Å². The Bertz CT molecular complexity index is 1780. The molecule has 3 aromatic carbocycles. The van der Waals surface area contributed by atoms with Crippen molar-refractivity contribution in [1.82, 2.24) is 25.3 Å². The Kier molecular flexibility index (Phi) is 20.0. The smallest absolute Gasteiger partial charge is 0.321 e. The largest absolute Gasteiger partial charge is 0.397 e. The molecule has 0 fully saturated rings. The third kappa shape index (κ3) is 16.4. The van der Waals surface area contributed by atoms with Gasteiger partial charge in [-0.05, 0) is 54.6 Å². The van der Waals surface area contributed by atoms with E-state index in [0.717, 1.165) is 22.1 Å². The van der Waals surface area contributed by atoms with Crippen LogP contribution in [0.1, 0.15) is 6.92 Å². The van der Waals surface area contributed by atoms with E-state index < -0.39 is 0 Å². The Morgan fingerprint density at radius 1 is 0.889 bits per heavy atom. The van der Waals surface area contributed by atoms with Crippen molar-refractivity contribution in [2.24, 2.45) is 4.99 Å². The predicted molar refractivity (Wildman–Crippen MR) is 185 cm³/mol. The van der Waals surface area contributed by atoms with Crippen LogP contribution in [0.15, 0.2) is 59.6 Å². The van der Waals surface area contributed by atoms with Crippen LogP contribution in [-0.2, 0) is 4.79 Å². The molecule has 236 valence electrons. The number of aromatic nitrogens is 4. The Morgan fingerprint density at radius 2 is 1.33 bits per heavy atom. The SMILES string of the molecule is CC#N.CN=C=O.CNC(=O)Nc1nc2ccc(Cl)cc2[nH]1.N#CBr.Nc1ccc(Cl)cc1N.Nc1nc2ccc(Cl)cc2[nH]1. The van der Waals surface area contributed by atoms with E-state index in [2.05, 4.69) is 51.5 Å². The van der Waals surface area contributed by atoms with Crippen LogP contribution in [0.3, 0.4) is 0 Å². The van der Waals surface area contributed by atoms with Gasteiger partial charge in [-0.1, -0.05) is 34.8 Å². The quantitative estimate of drug-likeness (QED) is 0.0554. The molecule has 0 aliphatic heterocycles. The molecule has 2 heterocycles. The summed E-state index contributed by atoms with van der Waals surface area (Å²) < 4.78 is 0. The van der Waals surface area contributed by atoms with Crippen LogP contribution >= 0.6 is 50.7 Å². The van der Waals surface area contributed by atoms with Crippen molar-refractivity contribution in [2.75, 3.05) is 36.6 Å². The second-order valence-corrected chi connectivity index (χ2v) is 9.29.